The second-order valence-electron chi connectivity index (χ2n) is 7.32. The summed E-state index contributed by atoms with van der Waals surface area (Å²) in [6, 6.07) is 7.64. The summed E-state index contributed by atoms with van der Waals surface area (Å²) in [5.41, 5.74) is 8.31. The van der Waals surface area contributed by atoms with Crippen LogP contribution in [0.25, 0.3) is 11.1 Å². The van der Waals surface area contributed by atoms with Crippen LogP contribution in [0.15, 0.2) is 48.9 Å². The Hall–Kier alpha value is -3.88. The lowest BCUT2D eigenvalue weighted by Gasteiger charge is -2.17. The average Bonchev–Trinajstić information content (AvgIpc) is 3.37. The minimum Gasteiger partial charge on any atom is -0.508 e. The summed E-state index contributed by atoms with van der Waals surface area (Å²) < 4.78 is 1.67. The maximum absolute atomic E-state index is 12.8. The number of nitrogen functional groups attached to an aromatic ring is 1. The predicted molar refractivity (Wildman–Crippen MR) is 111 cm³/mol. The lowest BCUT2D eigenvalue weighted by molar-refractivity contribution is 0.0783. The Bertz CT molecular complexity index is 1090. The fourth-order valence-corrected chi connectivity index (χ4v) is 3.50. The fraction of sp³-hybridized carbons (Fsp3) is 0.238. The van der Waals surface area contributed by atoms with Gasteiger partial charge in [-0.15, -0.1) is 0 Å². The molecule has 1 aromatic carbocycles. The van der Waals surface area contributed by atoms with E-state index in [-0.39, 0.29) is 29.4 Å². The second kappa shape index (κ2) is 7.86. The summed E-state index contributed by atoms with van der Waals surface area (Å²) in [6.45, 7) is 0.940. The van der Waals surface area contributed by atoms with Crippen molar-refractivity contribution < 1.29 is 14.7 Å². The van der Waals surface area contributed by atoms with E-state index in [4.69, 9.17) is 5.73 Å². The number of benzene rings is 1. The molecule has 1 atom stereocenters. The summed E-state index contributed by atoms with van der Waals surface area (Å²) in [5.74, 6) is -0.200. The van der Waals surface area contributed by atoms with Gasteiger partial charge >= 0.3 is 0 Å². The number of rotatable bonds is 4. The van der Waals surface area contributed by atoms with Gasteiger partial charge < -0.3 is 21.1 Å². The number of phenols is 1. The van der Waals surface area contributed by atoms with Crippen LogP contribution in [-0.4, -0.2) is 55.7 Å². The molecule has 3 aromatic rings. The van der Waals surface area contributed by atoms with E-state index in [0.717, 1.165) is 11.1 Å². The zero-order valence-electron chi connectivity index (χ0n) is 16.4. The first-order valence-electron chi connectivity index (χ1n) is 9.54. The molecular formula is C21H22N6O3. The van der Waals surface area contributed by atoms with Gasteiger partial charge in [-0.25, -0.2) is 4.98 Å². The lowest BCUT2D eigenvalue weighted by atomic mass is 10.1. The van der Waals surface area contributed by atoms with Gasteiger partial charge in [0, 0.05) is 55.3 Å². The number of pyridine rings is 1. The molecule has 30 heavy (non-hydrogen) atoms. The number of carbonyl (C=O) groups excluding carboxylic acids is 2. The number of nitrogens with zero attached hydrogens (tertiary/aromatic N) is 4. The molecule has 0 aliphatic carbocycles. The number of nitrogens with two attached hydrogens (primary N) is 1. The molecule has 0 radical (unpaired) electrons. The third-order valence-electron chi connectivity index (χ3n) is 5.13. The number of amides is 2. The fourth-order valence-electron chi connectivity index (χ4n) is 3.50. The van der Waals surface area contributed by atoms with Gasteiger partial charge in [0.15, 0.2) is 0 Å². The largest absolute Gasteiger partial charge is 0.508 e. The van der Waals surface area contributed by atoms with Crippen molar-refractivity contribution in [1.82, 2.24) is 25.0 Å². The number of anilines is 1. The highest BCUT2D eigenvalue weighted by atomic mass is 16.3. The van der Waals surface area contributed by atoms with Crippen LogP contribution in [0.2, 0.25) is 0 Å². The van der Waals surface area contributed by atoms with Crippen LogP contribution in [0.3, 0.4) is 0 Å². The molecular weight excluding hydrogens is 384 g/mol. The Balaban J connectivity index is 1.43. The SMILES string of the molecule is Cn1cc(-c2cnc(N)c(C(=O)N[C@@H]3CCN(C(=O)c4ccc(O)cc4)C3)c2)cn1. The molecule has 1 aliphatic heterocycles. The Kier molecular flexibility index (Phi) is 5.09. The predicted octanol–water partition coefficient (Wildman–Crippen LogP) is 1.41. The van der Waals surface area contributed by atoms with E-state index < -0.39 is 0 Å². The number of nitrogens with one attached hydrogen (secondary N) is 1. The number of likely N-dealkylation sites (tertiary alicyclic amines) is 1. The molecule has 2 aromatic heterocycles. The van der Waals surface area contributed by atoms with Crippen molar-refractivity contribution in [3.05, 3.63) is 60.0 Å². The van der Waals surface area contributed by atoms with Crippen LogP contribution in [-0.2, 0) is 7.05 Å². The Labute approximate surface area is 173 Å². The molecule has 1 saturated heterocycles. The minimum atomic E-state index is -0.324. The first-order valence-corrected chi connectivity index (χ1v) is 9.54. The van der Waals surface area contributed by atoms with E-state index in [1.165, 1.54) is 12.1 Å². The molecule has 2 amide bonds. The number of aryl methyl sites for hydroxylation is 1. The summed E-state index contributed by atoms with van der Waals surface area (Å²) in [7, 11) is 1.81. The van der Waals surface area contributed by atoms with Gasteiger partial charge in [-0.05, 0) is 36.8 Å². The van der Waals surface area contributed by atoms with Crippen molar-refractivity contribution in [2.75, 3.05) is 18.8 Å². The van der Waals surface area contributed by atoms with Gasteiger partial charge in [0.05, 0.1) is 11.8 Å². The van der Waals surface area contributed by atoms with Crippen molar-refractivity contribution in [2.24, 2.45) is 7.05 Å². The van der Waals surface area contributed by atoms with E-state index in [2.05, 4.69) is 15.4 Å². The van der Waals surface area contributed by atoms with Gasteiger partial charge in [-0.1, -0.05) is 0 Å². The molecule has 3 heterocycles. The zero-order chi connectivity index (χ0) is 21.3. The van der Waals surface area contributed by atoms with Crippen molar-refractivity contribution in [3.8, 4) is 16.9 Å². The van der Waals surface area contributed by atoms with Crippen molar-refractivity contribution in [3.63, 3.8) is 0 Å². The van der Waals surface area contributed by atoms with Gasteiger partial charge in [0.1, 0.15) is 11.6 Å². The summed E-state index contributed by atoms with van der Waals surface area (Å²) in [4.78, 5) is 31.3. The zero-order valence-corrected chi connectivity index (χ0v) is 16.4. The molecule has 0 unspecified atom stereocenters. The third-order valence-corrected chi connectivity index (χ3v) is 5.13. The molecule has 1 fully saturated rings. The van der Waals surface area contributed by atoms with Crippen LogP contribution in [0, 0.1) is 0 Å². The minimum absolute atomic E-state index is 0.109. The number of hydrogen-bond acceptors (Lipinski definition) is 6. The highest BCUT2D eigenvalue weighted by Crippen LogP contribution is 2.22. The lowest BCUT2D eigenvalue weighted by Crippen LogP contribution is -2.38. The topological polar surface area (TPSA) is 126 Å². The van der Waals surface area contributed by atoms with Gasteiger partial charge in [0.25, 0.3) is 11.8 Å². The maximum Gasteiger partial charge on any atom is 0.255 e. The molecule has 0 spiro atoms. The van der Waals surface area contributed by atoms with E-state index in [0.29, 0.717) is 30.6 Å². The standard InChI is InChI=1S/C21H22N6O3/c1-26-11-15(10-24-26)14-8-18(19(22)23-9-14)20(29)25-16-6-7-27(12-16)21(30)13-2-4-17(28)5-3-13/h2-5,8-11,16,28H,6-7,12H2,1H3,(H2,22,23)(H,25,29)/t16-/m1/s1. The number of aromatic nitrogens is 3. The third kappa shape index (κ3) is 3.95. The van der Waals surface area contributed by atoms with Crippen LogP contribution in [0.4, 0.5) is 5.82 Å². The summed E-state index contributed by atoms with van der Waals surface area (Å²) in [6.07, 6.45) is 5.78. The van der Waals surface area contributed by atoms with Crippen LogP contribution < -0.4 is 11.1 Å². The molecule has 1 aliphatic rings. The van der Waals surface area contributed by atoms with Crippen LogP contribution >= 0.6 is 0 Å². The highest BCUT2D eigenvalue weighted by molar-refractivity contribution is 6.00. The molecule has 0 bridgehead atoms. The molecule has 9 nitrogen and oxygen atoms in total. The monoisotopic (exact) mass is 406 g/mol. The second-order valence-corrected chi connectivity index (χ2v) is 7.32. The number of carbonyl (C=O) groups is 2. The molecule has 9 heteroatoms. The highest BCUT2D eigenvalue weighted by Gasteiger charge is 2.28. The normalized spacial score (nSPS) is 15.9. The number of aromatic hydroxyl groups is 1. The molecule has 4 N–H and O–H groups in total. The van der Waals surface area contributed by atoms with Crippen molar-refractivity contribution in [2.45, 2.75) is 12.5 Å². The first kappa shape index (κ1) is 19.4. The van der Waals surface area contributed by atoms with E-state index in [9.17, 15) is 14.7 Å². The van der Waals surface area contributed by atoms with Crippen LogP contribution in [0.5, 0.6) is 5.75 Å². The number of hydrogen-bond donors (Lipinski definition) is 3. The average molecular weight is 406 g/mol. The van der Waals surface area contributed by atoms with Crippen molar-refractivity contribution >= 4 is 17.6 Å². The van der Waals surface area contributed by atoms with Gasteiger partial charge in [0.2, 0.25) is 0 Å². The quantitative estimate of drug-likeness (QED) is 0.601. The van der Waals surface area contributed by atoms with E-state index in [1.54, 1.807) is 40.2 Å². The Morgan fingerprint density at radius 1 is 1.20 bits per heavy atom. The first-order chi connectivity index (χ1) is 14.4. The van der Waals surface area contributed by atoms with Crippen molar-refractivity contribution in [1.29, 1.82) is 0 Å². The summed E-state index contributed by atoms with van der Waals surface area (Å²) in [5, 5.41) is 16.5. The molecule has 4 rings (SSSR count). The Morgan fingerprint density at radius 3 is 2.67 bits per heavy atom. The Morgan fingerprint density at radius 2 is 1.97 bits per heavy atom. The van der Waals surface area contributed by atoms with Crippen LogP contribution in [0.1, 0.15) is 27.1 Å². The van der Waals surface area contributed by atoms with Gasteiger partial charge in [-0.2, -0.15) is 5.10 Å². The molecule has 154 valence electrons. The van der Waals surface area contributed by atoms with E-state index >= 15 is 0 Å². The van der Waals surface area contributed by atoms with E-state index in [1.807, 2.05) is 13.2 Å². The van der Waals surface area contributed by atoms with Gasteiger partial charge in [-0.3, -0.25) is 14.3 Å². The molecule has 0 saturated carbocycles. The smallest absolute Gasteiger partial charge is 0.255 e. The summed E-state index contributed by atoms with van der Waals surface area (Å²) >= 11 is 0. The maximum atomic E-state index is 12.8. The number of phenolic OH excluding ortho intramolecular Hbond substituents is 1.